The molecule has 0 atom stereocenters. The summed E-state index contributed by atoms with van der Waals surface area (Å²) in [5.74, 6) is -1.33. The van der Waals surface area contributed by atoms with Crippen molar-refractivity contribution in [3.63, 3.8) is 0 Å². The van der Waals surface area contributed by atoms with Crippen molar-refractivity contribution in [1.82, 2.24) is 5.32 Å². The summed E-state index contributed by atoms with van der Waals surface area (Å²) in [6, 6.07) is 4.76. The molecule has 1 aromatic rings. The van der Waals surface area contributed by atoms with Crippen molar-refractivity contribution < 1.29 is 22.7 Å². The number of benzene rings is 1. The van der Waals surface area contributed by atoms with Crippen LogP contribution in [0.4, 0.5) is 13.2 Å². The summed E-state index contributed by atoms with van der Waals surface area (Å²) in [6.45, 7) is 1.36. The van der Waals surface area contributed by atoms with E-state index < -0.39 is 23.5 Å². The van der Waals surface area contributed by atoms with Crippen LogP contribution in [0.5, 0.6) is 5.75 Å². The van der Waals surface area contributed by atoms with Crippen LogP contribution in [-0.4, -0.2) is 19.1 Å². The average molecular weight is 273 g/mol. The Balaban J connectivity index is 2.12. The molecule has 6 heteroatoms. The third kappa shape index (κ3) is 3.47. The fourth-order valence-electron chi connectivity index (χ4n) is 2.04. The molecular formula is C13H14F3NO2. The van der Waals surface area contributed by atoms with Crippen LogP contribution in [0.2, 0.25) is 0 Å². The molecule has 0 aromatic heterocycles. The number of para-hydroxylation sites is 1. The van der Waals surface area contributed by atoms with Crippen LogP contribution in [0.3, 0.4) is 0 Å². The number of piperidine rings is 1. The van der Waals surface area contributed by atoms with Crippen LogP contribution in [0.1, 0.15) is 18.4 Å². The molecule has 19 heavy (non-hydrogen) atoms. The molecule has 1 aliphatic rings. The van der Waals surface area contributed by atoms with Crippen molar-refractivity contribution in [2.45, 2.75) is 19.0 Å². The Morgan fingerprint density at radius 2 is 1.84 bits per heavy atom. The van der Waals surface area contributed by atoms with Gasteiger partial charge in [-0.05, 0) is 38.1 Å². The molecule has 1 aliphatic heterocycles. The number of hydrogen-bond acceptors (Lipinski definition) is 3. The highest BCUT2D eigenvalue weighted by atomic mass is 19.4. The zero-order chi connectivity index (χ0) is 13.9. The molecule has 0 amide bonds. The monoisotopic (exact) mass is 273 g/mol. The molecule has 0 radical (unpaired) electrons. The van der Waals surface area contributed by atoms with E-state index in [2.05, 4.69) is 5.32 Å². The molecule has 104 valence electrons. The van der Waals surface area contributed by atoms with E-state index >= 15 is 0 Å². The van der Waals surface area contributed by atoms with Crippen molar-refractivity contribution >= 4 is 5.97 Å². The average Bonchev–Trinajstić information content (AvgIpc) is 2.39. The van der Waals surface area contributed by atoms with Gasteiger partial charge in [-0.2, -0.15) is 13.2 Å². The molecule has 0 unspecified atom stereocenters. The molecule has 2 rings (SSSR count). The number of rotatable bonds is 2. The van der Waals surface area contributed by atoms with Gasteiger partial charge in [0.15, 0.2) is 0 Å². The van der Waals surface area contributed by atoms with E-state index in [0.29, 0.717) is 25.9 Å². The quantitative estimate of drug-likeness (QED) is 0.665. The maximum atomic E-state index is 12.7. The molecule has 1 heterocycles. The first-order valence-electron chi connectivity index (χ1n) is 6.07. The Morgan fingerprint density at radius 3 is 2.47 bits per heavy atom. The van der Waals surface area contributed by atoms with Crippen LogP contribution in [-0.2, 0) is 11.0 Å². The number of esters is 1. The van der Waals surface area contributed by atoms with Gasteiger partial charge in [-0.25, -0.2) is 0 Å². The fourth-order valence-corrected chi connectivity index (χ4v) is 2.04. The topological polar surface area (TPSA) is 38.3 Å². The van der Waals surface area contributed by atoms with Gasteiger partial charge in [0.1, 0.15) is 5.75 Å². The van der Waals surface area contributed by atoms with Gasteiger partial charge in [0.2, 0.25) is 0 Å². The predicted molar refractivity (Wildman–Crippen MR) is 62.7 cm³/mol. The standard InChI is InChI=1S/C13H14F3NO2/c14-13(15,16)10-3-1-2-4-11(10)19-12(18)9-5-7-17-8-6-9/h1-4,9,17H,5-8H2. The Kier molecular flexibility index (Phi) is 4.09. The predicted octanol–water partition coefficient (Wildman–Crippen LogP) is 2.61. The second kappa shape index (κ2) is 5.61. The lowest BCUT2D eigenvalue weighted by molar-refractivity contribution is -0.145. The first-order chi connectivity index (χ1) is 8.98. The van der Waals surface area contributed by atoms with Crippen molar-refractivity contribution in [2.75, 3.05) is 13.1 Å². The smallest absolute Gasteiger partial charge is 0.419 e. The number of halogens is 3. The highest BCUT2D eigenvalue weighted by Gasteiger charge is 2.35. The summed E-state index contributed by atoms with van der Waals surface area (Å²) in [6.07, 6.45) is -3.34. The minimum atomic E-state index is -4.52. The minimum absolute atomic E-state index is 0.331. The van der Waals surface area contributed by atoms with Crippen LogP contribution in [0.15, 0.2) is 24.3 Å². The highest BCUT2D eigenvalue weighted by Crippen LogP contribution is 2.36. The molecule has 1 N–H and O–H groups in total. The van der Waals surface area contributed by atoms with Crippen LogP contribution in [0, 0.1) is 5.92 Å². The van der Waals surface area contributed by atoms with Gasteiger partial charge >= 0.3 is 12.1 Å². The van der Waals surface area contributed by atoms with E-state index in [1.165, 1.54) is 18.2 Å². The van der Waals surface area contributed by atoms with Crippen molar-refractivity contribution in [1.29, 1.82) is 0 Å². The molecule has 3 nitrogen and oxygen atoms in total. The summed E-state index contributed by atoms with van der Waals surface area (Å²) in [5, 5.41) is 3.08. The Labute approximate surface area is 108 Å². The van der Waals surface area contributed by atoms with Gasteiger partial charge < -0.3 is 10.1 Å². The number of carbonyl (C=O) groups is 1. The van der Waals surface area contributed by atoms with Gasteiger partial charge in [-0.1, -0.05) is 12.1 Å². The highest BCUT2D eigenvalue weighted by molar-refractivity contribution is 5.75. The zero-order valence-corrected chi connectivity index (χ0v) is 10.2. The SMILES string of the molecule is O=C(Oc1ccccc1C(F)(F)F)C1CCNCC1. The lowest BCUT2D eigenvalue weighted by Gasteiger charge is -2.21. The molecule has 1 aromatic carbocycles. The Morgan fingerprint density at radius 1 is 1.21 bits per heavy atom. The molecule has 0 saturated carbocycles. The van der Waals surface area contributed by atoms with Crippen molar-refractivity contribution in [2.24, 2.45) is 5.92 Å². The van der Waals surface area contributed by atoms with Crippen LogP contribution in [0.25, 0.3) is 0 Å². The summed E-state index contributed by atoms with van der Waals surface area (Å²) in [5.41, 5.74) is -0.919. The van der Waals surface area contributed by atoms with E-state index in [4.69, 9.17) is 4.74 Å². The maximum Gasteiger partial charge on any atom is 0.419 e. The summed E-state index contributed by atoms with van der Waals surface area (Å²) >= 11 is 0. The zero-order valence-electron chi connectivity index (χ0n) is 10.2. The molecular weight excluding hydrogens is 259 g/mol. The molecule has 1 fully saturated rings. The lowest BCUT2D eigenvalue weighted by atomic mass is 9.98. The summed E-state index contributed by atoms with van der Waals surface area (Å²) in [7, 11) is 0. The number of ether oxygens (including phenoxy) is 1. The molecule has 0 aliphatic carbocycles. The molecule has 0 spiro atoms. The second-order valence-corrected chi connectivity index (χ2v) is 4.44. The van der Waals surface area contributed by atoms with E-state index in [0.717, 1.165) is 6.07 Å². The largest absolute Gasteiger partial charge is 0.426 e. The normalized spacial score (nSPS) is 17.2. The number of hydrogen-bond donors (Lipinski definition) is 1. The van der Waals surface area contributed by atoms with E-state index in [-0.39, 0.29) is 5.92 Å². The van der Waals surface area contributed by atoms with Crippen molar-refractivity contribution in [3.8, 4) is 5.75 Å². The van der Waals surface area contributed by atoms with Gasteiger partial charge in [0.25, 0.3) is 0 Å². The number of nitrogens with one attached hydrogen (secondary N) is 1. The van der Waals surface area contributed by atoms with Crippen LogP contribution >= 0.6 is 0 Å². The van der Waals surface area contributed by atoms with Gasteiger partial charge in [-0.15, -0.1) is 0 Å². The third-order valence-corrected chi connectivity index (χ3v) is 3.08. The first kappa shape index (κ1) is 13.9. The maximum absolute atomic E-state index is 12.7. The fraction of sp³-hybridized carbons (Fsp3) is 0.462. The summed E-state index contributed by atoms with van der Waals surface area (Å²) in [4.78, 5) is 11.8. The Bertz CT molecular complexity index is 453. The molecule has 1 saturated heterocycles. The number of carbonyl (C=O) groups excluding carboxylic acids is 1. The van der Waals surface area contributed by atoms with Gasteiger partial charge in [-0.3, -0.25) is 4.79 Å². The third-order valence-electron chi connectivity index (χ3n) is 3.08. The summed E-state index contributed by atoms with van der Waals surface area (Å²) < 4.78 is 43.1. The molecule has 0 bridgehead atoms. The number of alkyl halides is 3. The van der Waals surface area contributed by atoms with E-state index in [1.54, 1.807) is 0 Å². The van der Waals surface area contributed by atoms with Crippen LogP contribution < -0.4 is 10.1 Å². The Hall–Kier alpha value is -1.56. The van der Waals surface area contributed by atoms with E-state index in [9.17, 15) is 18.0 Å². The minimum Gasteiger partial charge on any atom is -0.426 e. The van der Waals surface area contributed by atoms with Crippen molar-refractivity contribution in [3.05, 3.63) is 29.8 Å². The van der Waals surface area contributed by atoms with Gasteiger partial charge in [0.05, 0.1) is 11.5 Å². The van der Waals surface area contributed by atoms with E-state index in [1.807, 2.05) is 0 Å². The first-order valence-corrected chi connectivity index (χ1v) is 6.07. The lowest BCUT2D eigenvalue weighted by Crippen LogP contribution is -2.34. The second-order valence-electron chi connectivity index (χ2n) is 4.44. The van der Waals surface area contributed by atoms with Gasteiger partial charge in [0, 0.05) is 0 Å².